The molecule has 0 unspecified atom stereocenters. The summed E-state index contributed by atoms with van der Waals surface area (Å²) < 4.78 is 32.9. The van der Waals surface area contributed by atoms with Crippen LogP contribution >= 0.6 is 23.5 Å². The number of rotatable bonds is 7. The molecule has 2 aromatic heterocycles. The smallest absolute Gasteiger partial charge is 0.288 e. The van der Waals surface area contributed by atoms with E-state index in [0.29, 0.717) is 46.4 Å². The first-order valence-electron chi connectivity index (χ1n) is 10.4. The molecule has 0 saturated carbocycles. The number of carbonyl (C=O) groups is 1. The maximum absolute atomic E-state index is 12.8. The number of amides is 1. The van der Waals surface area contributed by atoms with Gasteiger partial charge in [-0.3, -0.25) is 14.3 Å². The number of alkyl halides is 2. The molecule has 4 rings (SSSR count). The number of thioether (sulfide) groups is 2. The highest BCUT2D eigenvalue weighted by molar-refractivity contribution is 8.00. The molecule has 0 spiro atoms. The number of hydrogen-bond acceptors (Lipinski definition) is 7. The Balaban J connectivity index is 1.59. The molecule has 1 aliphatic heterocycles. The minimum Gasteiger partial charge on any atom is -0.372 e. The van der Waals surface area contributed by atoms with E-state index >= 15 is 0 Å². The molecule has 1 aromatic carbocycles. The highest BCUT2D eigenvalue weighted by Crippen LogP contribution is 2.30. The van der Waals surface area contributed by atoms with E-state index in [9.17, 15) is 13.6 Å². The molecule has 11 heteroatoms. The van der Waals surface area contributed by atoms with E-state index in [1.807, 2.05) is 29.4 Å². The van der Waals surface area contributed by atoms with Gasteiger partial charge in [-0.05, 0) is 50.2 Å². The van der Waals surface area contributed by atoms with Crippen LogP contribution in [0.3, 0.4) is 0 Å². The molecule has 1 amide bonds. The van der Waals surface area contributed by atoms with Crippen LogP contribution in [-0.4, -0.2) is 67.4 Å². The highest BCUT2D eigenvalue weighted by atomic mass is 32.2. The van der Waals surface area contributed by atoms with Crippen molar-refractivity contribution >= 4 is 29.4 Å². The molecule has 0 bridgehead atoms. The molecular formula is C22H23F2N5O2S2. The van der Waals surface area contributed by atoms with Crippen LogP contribution < -0.4 is 0 Å². The van der Waals surface area contributed by atoms with Crippen LogP contribution in [0.4, 0.5) is 8.78 Å². The predicted molar refractivity (Wildman–Crippen MR) is 124 cm³/mol. The maximum Gasteiger partial charge on any atom is 0.288 e. The number of ether oxygens (including phenoxy) is 1. The van der Waals surface area contributed by atoms with Gasteiger partial charge in [-0.2, -0.15) is 8.78 Å². The summed E-state index contributed by atoms with van der Waals surface area (Å²) in [4.78, 5) is 19.3. The van der Waals surface area contributed by atoms with Gasteiger partial charge >= 0.3 is 0 Å². The number of carbonyl (C=O) groups excluding carboxylic acids is 1. The van der Waals surface area contributed by atoms with Crippen LogP contribution in [0.1, 0.15) is 13.8 Å². The molecular weight excluding hydrogens is 468 g/mol. The molecule has 2 atom stereocenters. The summed E-state index contributed by atoms with van der Waals surface area (Å²) in [5.74, 6) is -1.73. The molecule has 7 nitrogen and oxygen atoms in total. The first kappa shape index (κ1) is 23.7. The first-order chi connectivity index (χ1) is 15.9. The summed E-state index contributed by atoms with van der Waals surface area (Å²) in [7, 11) is 0. The van der Waals surface area contributed by atoms with Gasteiger partial charge in [0.2, 0.25) is 5.91 Å². The summed E-state index contributed by atoms with van der Waals surface area (Å²) in [5, 5.41) is 9.18. The van der Waals surface area contributed by atoms with E-state index in [1.54, 1.807) is 42.7 Å². The van der Waals surface area contributed by atoms with Crippen molar-refractivity contribution in [1.82, 2.24) is 24.6 Å². The second kappa shape index (κ2) is 10.6. The molecule has 3 heterocycles. The molecule has 33 heavy (non-hydrogen) atoms. The van der Waals surface area contributed by atoms with Crippen LogP contribution in [0, 0.1) is 0 Å². The first-order valence-corrected chi connectivity index (χ1v) is 12.2. The second-order valence-electron chi connectivity index (χ2n) is 7.60. The van der Waals surface area contributed by atoms with Gasteiger partial charge in [0, 0.05) is 41.6 Å². The second-order valence-corrected chi connectivity index (χ2v) is 9.61. The molecule has 3 aromatic rings. The van der Waals surface area contributed by atoms with Crippen molar-refractivity contribution < 1.29 is 18.3 Å². The van der Waals surface area contributed by atoms with E-state index in [4.69, 9.17) is 4.74 Å². The third-order valence-corrected chi connectivity index (χ3v) is 6.61. The number of nitrogens with zero attached hydrogens (tertiary/aromatic N) is 5. The number of aromatic nitrogens is 4. The standard InChI is InChI=1S/C22H23F2N5O2S2/c1-14-11-28(12-15(2)31-14)19(30)13-32-22-27-26-20(16-4-3-9-25-10-16)29(22)17-5-7-18(8-6-17)33-21(23)24/h3-10,14-15,21H,11-13H2,1-2H3/t14-,15-/m1/s1. The molecule has 1 aliphatic rings. The Morgan fingerprint density at radius 1 is 1.15 bits per heavy atom. The van der Waals surface area contributed by atoms with Crippen molar-refractivity contribution in [3.8, 4) is 17.1 Å². The summed E-state index contributed by atoms with van der Waals surface area (Å²) in [6.07, 6.45) is 3.33. The molecule has 0 N–H and O–H groups in total. The lowest BCUT2D eigenvalue weighted by atomic mass is 10.2. The number of pyridine rings is 1. The SMILES string of the molecule is C[C@@H]1CN(C(=O)CSc2nnc(-c3cccnc3)n2-c2ccc(SC(F)F)cc2)C[C@@H](C)O1. The van der Waals surface area contributed by atoms with Crippen LogP contribution in [0.5, 0.6) is 0 Å². The van der Waals surface area contributed by atoms with Crippen molar-refractivity contribution in [3.05, 3.63) is 48.8 Å². The average Bonchev–Trinajstić information content (AvgIpc) is 3.21. The van der Waals surface area contributed by atoms with Gasteiger partial charge in [0.1, 0.15) is 0 Å². The fraction of sp³-hybridized carbons (Fsp3) is 0.364. The van der Waals surface area contributed by atoms with Crippen molar-refractivity contribution in [2.75, 3.05) is 18.8 Å². The van der Waals surface area contributed by atoms with Gasteiger partial charge < -0.3 is 9.64 Å². The Kier molecular flexibility index (Phi) is 7.61. The minimum absolute atomic E-state index is 0.00293. The zero-order valence-corrected chi connectivity index (χ0v) is 19.7. The lowest BCUT2D eigenvalue weighted by Gasteiger charge is -2.35. The summed E-state index contributed by atoms with van der Waals surface area (Å²) in [5.41, 5.74) is 1.46. The molecule has 174 valence electrons. The Morgan fingerprint density at radius 2 is 1.88 bits per heavy atom. The minimum atomic E-state index is -2.49. The van der Waals surface area contributed by atoms with Crippen LogP contribution in [-0.2, 0) is 9.53 Å². The van der Waals surface area contributed by atoms with Crippen molar-refractivity contribution in [2.45, 2.75) is 41.9 Å². The Hall–Kier alpha value is -2.50. The molecule has 1 fully saturated rings. The zero-order valence-electron chi connectivity index (χ0n) is 18.1. The van der Waals surface area contributed by atoms with E-state index in [1.165, 1.54) is 11.8 Å². The normalized spacial score (nSPS) is 18.6. The average molecular weight is 492 g/mol. The number of hydrogen-bond donors (Lipinski definition) is 0. The number of benzene rings is 1. The van der Waals surface area contributed by atoms with Gasteiger partial charge in [0.05, 0.1) is 18.0 Å². The van der Waals surface area contributed by atoms with Crippen LogP contribution in [0.15, 0.2) is 58.8 Å². The summed E-state index contributed by atoms with van der Waals surface area (Å²) >= 11 is 1.78. The van der Waals surface area contributed by atoms with Gasteiger partial charge in [-0.1, -0.05) is 23.5 Å². The lowest BCUT2D eigenvalue weighted by molar-refractivity contribution is -0.140. The third-order valence-electron chi connectivity index (χ3n) is 4.97. The van der Waals surface area contributed by atoms with Crippen LogP contribution in [0.25, 0.3) is 17.1 Å². The zero-order chi connectivity index (χ0) is 23.4. The monoisotopic (exact) mass is 491 g/mol. The number of halogens is 2. The largest absolute Gasteiger partial charge is 0.372 e. The predicted octanol–water partition coefficient (Wildman–Crippen LogP) is 4.37. The van der Waals surface area contributed by atoms with Gasteiger partial charge in [0.25, 0.3) is 5.76 Å². The third kappa shape index (κ3) is 5.90. The van der Waals surface area contributed by atoms with Gasteiger partial charge in [-0.15, -0.1) is 10.2 Å². The highest BCUT2D eigenvalue weighted by Gasteiger charge is 2.26. The number of morpholine rings is 1. The Morgan fingerprint density at radius 3 is 2.52 bits per heavy atom. The summed E-state index contributed by atoms with van der Waals surface area (Å²) in [6, 6.07) is 10.4. The van der Waals surface area contributed by atoms with E-state index in [2.05, 4.69) is 15.2 Å². The van der Waals surface area contributed by atoms with E-state index in [-0.39, 0.29) is 23.9 Å². The van der Waals surface area contributed by atoms with Crippen molar-refractivity contribution in [2.24, 2.45) is 0 Å². The Bertz CT molecular complexity index is 1070. The fourth-order valence-electron chi connectivity index (χ4n) is 3.65. The summed E-state index contributed by atoms with van der Waals surface area (Å²) in [6.45, 7) is 5.02. The van der Waals surface area contributed by atoms with Crippen LogP contribution in [0.2, 0.25) is 0 Å². The Labute approximate surface area is 198 Å². The fourth-order valence-corrected chi connectivity index (χ4v) is 5.01. The maximum atomic E-state index is 12.8. The van der Waals surface area contributed by atoms with Gasteiger partial charge in [0.15, 0.2) is 11.0 Å². The van der Waals surface area contributed by atoms with E-state index in [0.717, 1.165) is 5.56 Å². The van der Waals surface area contributed by atoms with E-state index < -0.39 is 5.76 Å². The quantitative estimate of drug-likeness (QED) is 0.455. The van der Waals surface area contributed by atoms with Gasteiger partial charge in [-0.25, -0.2) is 0 Å². The lowest BCUT2D eigenvalue weighted by Crippen LogP contribution is -2.48. The molecule has 0 aliphatic carbocycles. The topological polar surface area (TPSA) is 73.1 Å². The molecule has 0 radical (unpaired) electrons. The van der Waals surface area contributed by atoms with Crippen molar-refractivity contribution in [1.29, 1.82) is 0 Å². The molecule has 1 saturated heterocycles. The van der Waals surface area contributed by atoms with Crippen molar-refractivity contribution in [3.63, 3.8) is 0 Å².